The van der Waals surface area contributed by atoms with Crippen LogP contribution in [0.15, 0.2) is 88.9 Å². The van der Waals surface area contributed by atoms with E-state index in [4.69, 9.17) is 0 Å². The summed E-state index contributed by atoms with van der Waals surface area (Å²) in [5.41, 5.74) is 3.72. The quantitative estimate of drug-likeness (QED) is 0.313. The Labute approximate surface area is 188 Å². The highest BCUT2D eigenvalue weighted by Gasteiger charge is 2.27. The van der Waals surface area contributed by atoms with Gasteiger partial charge in [-0.05, 0) is 37.3 Å². The van der Waals surface area contributed by atoms with E-state index >= 15 is 0 Å². The van der Waals surface area contributed by atoms with Crippen molar-refractivity contribution in [3.05, 3.63) is 106 Å². The highest BCUT2D eigenvalue weighted by Crippen LogP contribution is 2.20. The zero-order valence-electron chi connectivity index (χ0n) is 17.6. The SMILES string of the molecule is CC(=NNC(=O)[C@H](NC(=O)c1ccccc1)c1n[nH]c(=O)c2ccccc12)c1ccccn1. The number of pyridine rings is 1. The fourth-order valence-electron chi connectivity index (χ4n) is 3.26. The molecule has 0 fully saturated rings. The van der Waals surface area contributed by atoms with Gasteiger partial charge in [0.15, 0.2) is 6.04 Å². The second kappa shape index (κ2) is 9.65. The minimum Gasteiger partial charge on any atom is -0.335 e. The maximum absolute atomic E-state index is 13.2. The molecule has 0 bridgehead atoms. The zero-order chi connectivity index (χ0) is 23.2. The summed E-state index contributed by atoms with van der Waals surface area (Å²) < 4.78 is 0. The number of benzene rings is 2. The van der Waals surface area contributed by atoms with Gasteiger partial charge in [0.25, 0.3) is 17.4 Å². The number of hydrogen-bond donors (Lipinski definition) is 3. The van der Waals surface area contributed by atoms with Crippen LogP contribution in [0.25, 0.3) is 10.8 Å². The molecule has 4 rings (SSSR count). The zero-order valence-corrected chi connectivity index (χ0v) is 17.6. The number of rotatable bonds is 6. The van der Waals surface area contributed by atoms with Crippen LogP contribution in [-0.4, -0.2) is 32.7 Å². The molecule has 164 valence electrons. The van der Waals surface area contributed by atoms with Crippen molar-refractivity contribution in [2.45, 2.75) is 13.0 Å². The topological polar surface area (TPSA) is 129 Å². The van der Waals surface area contributed by atoms with Crippen LogP contribution in [0, 0.1) is 0 Å². The van der Waals surface area contributed by atoms with Crippen molar-refractivity contribution >= 4 is 28.3 Å². The van der Waals surface area contributed by atoms with Crippen molar-refractivity contribution in [3.63, 3.8) is 0 Å². The molecular weight excluding hydrogens is 420 g/mol. The molecule has 2 aromatic carbocycles. The summed E-state index contributed by atoms with van der Waals surface area (Å²) in [6.07, 6.45) is 1.62. The Morgan fingerprint density at radius 1 is 0.939 bits per heavy atom. The van der Waals surface area contributed by atoms with Crippen LogP contribution in [0.5, 0.6) is 0 Å². The first kappa shape index (κ1) is 21.6. The molecule has 33 heavy (non-hydrogen) atoms. The van der Waals surface area contributed by atoms with E-state index in [1.165, 1.54) is 0 Å². The number of nitrogens with zero attached hydrogens (tertiary/aromatic N) is 3. The van der Waals surface area contributed by atoms with Gasteiger partial charge in [0.2, 0.25) is 0 Å². The Morgan fingerprint density at radius 2 is 1.64 bits per heavy atom. The maximum atomic E-state index is 13.2. The molecule has 9 heteroatoms. The number of carbonyl (C=O) groups excluding carboxylic acids is 2. The van der Waals surface area contributed by atoms with Gasteiger partial charge in [-0.3, -0.25) is 19.4 Å². The molecule has 1 atom stereocenters. The number of hydrazone groups is 1. The van der Waals surface area contributed by atoms with E-state index in [1.54, 1.807) is 79.9 Å². The number of fused-ring (bicyclic) bond motifs is 1. The Balaban J connectivity index is 1.70. The molecule has 0 aliphatic heterocycles. The second-order valence-electron chi connectivity index (χ2n) is 7.14. The van der Waals surface area contributed by atoms with Crippen molar-refractivity contribution in [1.82, 2.24) is 25.9 Å². The van der Waals surface area contributed by atoms with Crippen LogP contribution in [0.3, 0.4) is 0 Å². The Kier molecular flexibility index (Phi) is 6.31. The number of amides is 2. The van der Waals surface area contributed by atoms with Crippen LogP contribution in [-0.2, 0) is 4.79 Å². The van der Waals surface area contributed by atoms with Crippen LogP contribution < -0.4 is 16.3 Å². The molecule has 0 saturated heterocycles. The smallest absolute Gasteiger partial charge is 0.272 e. The monoisotopic (exact) mass is 440 g/mol. The first-order valence-electron chi connectivity index (χ1n) is 10.1. The van der Waals surface area contributed by atoms with Gasteiger partial charge in [0.05, 0.1) is 16.8 Å². The molecule has 0 saturated carbocycles. The summed E-state index contributed by atoms with van der Waals surface area (Å²) in [5, 5.41) is 14.1. The minimum absolute atomic E-state index is 0.192. The highest BCUT2D eigenvalue weighted by atomic mass is 16.2. The van der Waals surface area contributed by atoms with E-state index in [1.807, 2.05) is 6.07 Å². The van der Waals surface area contributed by atoms with Crippen molar-refractivity contribution in [2.24, 2.45) is 5.10 Å². The Hall–Kier alpha value is -4.66. The van der Waals surface area contributed by atoms with Crippen molar-refractivity contribution in [1.29, 1.82) is 0 Å². The number of hydrogen-bond acceptors (Lipinski definition) is 6. The van der Waals surface area contributed by atoms with Gasteiger partial charge in [-0.25, -0.2) is 10.5 Å². The number of H-pyrrole nitrogens is 1. The van der Waals surface area contributed by atoms with Crippen LogP contribution in [0.4, 0.5) is 0 Å². The first-order chi connectivity index (χ1) is 16.0. The first-order valence-corrected chi connectivity index (χ1v) is 10.1. The maximum Gasteiger partial charge on any atom is 0.272 e. The number of nitrogens with one attached hydrogen (secondary N) is 3. The summed E-state index contributed by atoms with van der Waals surface area (Å²) >= 11 is 0. The van der Waals surface area contributed by atoms with E-state index in [9.17, 15) is 14.4 Å². The predicted octanol–water partition coefficient (Wildman–Crippen LogP) is 2.33. The molecule has 3 N–H and O–H groups in total. The molecule has 0 unspecified atom stereocenters. The van der Waals surface area contributed by atoms with Crippen LogP contribution in [0.2, 0.25) is 0 Å². The molecule has 0 spiro atoms. The third kappa shape index (κ3) is 4.82. The normalized spacial score (nSPS) is 12.2. The molecule has 9 nitrogen and oxygen atoms in total. The van der Waals surface area contributed by atoms with Crippen molar-refractivity contribution in [3.8, 4) is 0 Å². The largest absolute Gasteiger partial charge is 0.335 e. The Morgan fingerprint density at radius 3 is 2.36 bits per heavy atom. The summed E-state index contributed by atoms with van der Waals surface area (Å²) in [6.45, 7) is 1.70. The van der Waals surface area contributed by atoms with Gasteiger partial charge in [-0.15, -0.1) is 0 Å². The van der Waals surface area contributed by atoms with Gasteiger partial charge in [0.1, 0.15) is 5.69 Å². The van der Waals surface area contributed by atoms with Crippen LogP contribution in [0.1, 0.15) is 34.7 Å². The summed E-state index contributed by atoms with van der Waals surface area (Å²) in [5.74, 6) is -1.10. The summed E-state index contributed by atoms with van der Waals surface area (Å²) in [4.78, 5) is 42.4. The van der Waals surface area contributed by atoms with Gasteiger partial charge in [-0.1, -0.05) is 42.5 Å². The minimum atomic E-state index is -1.22. The van der Waals surface area contributed by atoms with E-state index in [2.05, 4.69) is 31.0 Å². The number of aromatic nitrogens is 3. The third-order valence-corrected chi connectivity index (χ3v) is 4.94. The Bertz CT molecular complexity index is 1380. The molecule has 2 aromatic heterocycles. The van der Waals surface area contributed by atoms with Gasteiger partial charge >= 0.3 is 0 Å². The number of carbonyl (C=O) groups is 2. The molecule has 2 heterocycles. The van der Waals surface area contributed by atoms with Gasteiger partial charge < -0.3 is 5.32 Å². The lowest BCUT2D eigenvalue weighted by atomic mass is 10.0. The third-order valence-electron chi connectivity index (χ3n) is 4.94. The fourth-order valence-corrected chi connectivity index (χ4v) is 3.26. The molecule has 0 aliphatic rings. The molecule has 0 aliphatic carbocycles. The van der Waals surface area contributed by atoms with Crippen molar-refractivity contribution in [2.75, 3.05) is 0 Å². The average molecular weight is 440 g/mol. The highest BCUT2D eigenvalue weighted by molar-refractivity contribution is 6.00. The number of aromatic amines is 1. The van der Waals surface area contributed by atoms with E-state index < -0.39 is 23.4 Å². The predicted molar refractivity (Wildman–Crippen MR) is 124 cm³/mol. The van der Waals surface area contributed by atoms with E-state index in [-0.39, 0.29) is 5.69 Å². The van der Waals surface area contributed by atoms with E-state index in [0.29, 0.717) is 27.7 Å². The lowest BCUT2D eigenvalue weighted by Gasteiger charge is -2.18. The molecule has 2 amide bonds. The standard InChI is InChI=1S/C24H20N6O3/c1-15(19-13-7-8-14-25-19)27-30-24(33)21(26-22(31)16-9-3-2-4-10-16)20-17-11-5-6-12-18(17)23(32)29-28-20/h2-14,21H,1H3,(H,26,31)(H,29,32)(H,30,33)/t21-/m1/s1. The lowest BCUT2D eigenvalue weighted by molar-refractivity contribution is -0.123. The summed E-state index contributed by atoms with van der Waals surface area (Å²) in [6, 6.07) is 19.3. The molecule has 4 aromatic rings. The fraction of sp³-hybridized carbons (Fsp3) is 0.0833. The van der Waals surface area contributed by atoms with Crippen LogP contribution >= 0.6 is 0 Å². The van der Waals surface area contributed by atoms with Gasteiger partial charge in [0, 0.05) is 17.1 Å². The lowest BCUT2D eigenvalue weighted by Crippen LogP contribution is -2.40. The average Bonchev–Trinajstić information content (AvgIpc) is 2.87. The van der Waals surface area contributed by atoms with Crippen molar-refractivity contribution < 1.29 is 9.59 Å². The molecule has 0 radical (unpaired) electrons. The summed E-state index contributed by atoms with van der Waals surface area (Å²) in [7, 11) is 0. The second-order valence-corrected chi connectivity index (χ2v) is 7.14. The van der Waals surface area contributed by atoms with E-state index in [0.717, 1.165) is 0 Å². The molecular formula is C24H20N6O3. The van der Waals surface area contributed by atoms with Gasteiger partial charge in [-0.2, -0.15) is 10.2 Å².